The summed E-state index contributed by atoms with van der Waals surface area (Å²) in [6.07, 6.45) is 5.32. The summed E-state index contributed by atoms with van der Waals surface area (Å²) in [5.74, 6) is -0.360. The first-order valence-corrected chi connectivity index (χ1v) is 11.5. The zero-order chi connectivity index (χ0) is 24.2. The topological polar surface area (TPSA) is 22.0 Å². The molecule has 0 bridgehead atoms. The zero-order valence-electron chi connectivity index (χ0n) is 19.2. The normalized spacial score (nSPS) is 11.2. The van der Waals surface area contributed by atoms with Gasteiger partial charge in [-0.3, -0.25) is 4.79 Å². The van der Waals surface area contributed by atoms with E-state index in [9.17, 15) is 9.18 Å². The van der Waals surface area contributed by atoms with E-state index in [1.807, 2.05) is 91.0 Å². The van der Waals surface area contributed by atoms with Crippen molar-refractivity contribution in [2.24, 2.45) is 0 Å². The predicted molar refractivity (Wildman–Crippen MR) is 143 cm³/mol. The second kappa shape index (κ2) is 9.78. The molecule has 0 aliphatic heterocycles. The molecule has 0 aliphatic carbocycles. The molecule has 1 heterocycles. The van der Waals surface area contributed by atoms with Gasteiger partial charge in [-0.2, -0.15) is 0 Å². The number of carbonyl (C=O) groups is 1. The molecule has 0 radical (unpaired) electrons. The molecule has 170 valence electrons. The highest BCUT2D eigenvalue weighted by atomic mass is 19.1. The summed E-state index contributed by atoms with van der Waals surface area (Å²) in [5.41, 5.74) is 6.56. The van der Waals surface area contributed by atoms with Crippen molar-refractivity contribution in [2.75, 3.05) is 0 Å². The van der Waals surface area contributed by atoms with Gasteiger partial charge in [-0.15, -0.1) is 6.58 Å². The largest absolute Gasteiger partial charge is 0.336 e. The summed E-state index contributed by atoms with van der Waals surface area (Å²) in [7, 11) is 0. The van der Waals surface area contributed by atoms with Gasteiger partial charge in [-0.05, 0) is 59.2 Å². The standard InChI is InChI=1S/C32H24FNO/c1-2-22-34-30-11-7-6-10-28(30)29(32(34)26-16-18-27(33)19-17-26)20-21-31(35)25-14-12-24(13-15-25)23-8-4-3-5-9-23/h2-21H,1,22H2/b21-20+. The third-order valence-corrected chi connectivity index (χ3v) is 6.12. The molecule has 2 nitrogen and oxygen atoms in total. The lowest BCUT2D eigenvalue weighted by atomic mass is 10.0. The Labute approximate surface area is 204 Å². The van der Waals surface area contributed by atoms with Gasteiger partial charge < -0.3 is 4.57 Å². The SMILES string of the molecule is C=CCn1c(-c2ccc(F)cc2)c(/C=C/C(=O)c2ccc(-c3ccccc3)cc2)c2ccccc21. The number of ketones is 1. The summed E-state index contributed by atoms with van der Waals surface area (Å²) < 4.78 is 15.8. The molecule has 4 aromatic carbocycles. The third-order valence-electron chi connectivity index (χ3n) is 6.12. The quantitative estimate of drug-likeness (QED) is 0.137. The van der Waals surface area contributed by atoms with Gasteiger partial charge in [0.05, 0.1) is 5.69 Å². The van der Waals surface area contributed by atoms with Crippen molar-refractivity contribution >= 4 is 22.8 Å². The van der Waals surface area contributed by atoms with E-state index in [4.69, 9.17) is 0 Å². The van der Waals surface area contributed by atoms with E-state index in [1.54, 1.807) is 18.2 Å². The molecule has 3 heteroatoms. The summed E-state index contributed by atoms with van der Waals surface area (Å²) in [5, 5.41) is 1.03. The highest BCUT2D eigenvalue weighted by molar-refractivity contribution is 6.09. The molecule has 1 aromatic heterocycles. The van der Waals surface area contributed by atoms with E-state index in [0.717, 1.165) is 38.9 Å². The molecular weight excluding hydrogens is 433 g/mol. The van der Waals surface area contributed by atoms with Crippen LogP contribution in [0, 0.1) is 5.82 Å². The smallest absolute Gasteiger partial charge is 0.185 e. The number of carbonyl (C=O) groups excluding carboxylic acids is 1. The van der Waals surface area contributed by atoms with E-state index in [0.29, 0.717) is 12.1 Å². The van der Waals surface area contributed by atoms with Crippen molar-refractivity contribution in [2.45, 2.75) is 6.54 Å². The molecule has 0 atom stereocenters. The molecule has 0 spiro atoms. The molecule has 0 N–H and O–H groups in total. The van der Waals surface area contributed by atoms with E-state index >= 15 is 0 Å². The molecule has 0 amide bonds. The van der Waals surface area contributed by atoms with Gasteiger partial charge >= 0.3 is 0 Å². The van der Waals surface area contributed by atoms with Crippen LogP contribution in [0.3, 0.4) is 0 Å². The number of halogens is 1. The second-order valence-electron chi connectivity index (χ2n) is 8.33. The first-order valence-electron chi connectivity index (χ1n) is 11.5. The average molecular weight is 458 g/mol. The Bertz CT molecular complexity index is 1530. The van der Waals surface area contributed by atoms with E-state index in [1.165, 1.54) is 12.1 Å². The van der Waals surface area contributed by atoms with Gasteiger partial charge in [0.1, 0.15) is 5.82 Å². The fourth-order valence-corrected chi connectivity index (χ4v) is 4.45. The van der Waals surface area contributed by atoms with Crippen LogP contribution in [0.5, 0.6) is 0 Å². The fraction of sp³-hybridized carbons (Fsp3) is 0.0312. The van der Waals surface area contributed by atoms with Crippen molar-refractivity contribution in [1.82, 2.24) is 4.57 Å². The second-order valence-corrected chi connectivity index (χ2v) is 8.33. The zero-order valence-corrected chi connectivity index (χ0v) is 19.2. The minimum atomic E-state index is -0.286. The molecule has 0 fully saturated rings. The third kappa shape index (κ3) is 4.49. The number of rotatable bonds is 7. The van der Waals surface area contributed by atoms with E-state index in [-0.39, 0.29) is 11.6 Å². The summed E-state index contributed by atoms with van der Waals surface area (Å²) in [6, 6.07) is 32.2. The van der Waals surface area contributed by atoms with Crippen molar-refractivity contribution < 1.29 is 9.18 Å². The van der Waals surface area contributed by atoms with Crippen LogP contribution in [-0.2, 0) is 6.54 Å². The number of aromatic nitrogens is 1. The minimum absolute atomic E-state index is 0.0739. The summed E-state index contributed by atoms with van der Waals surface area (Å²) >= 11 is 0. The lowest BCUT2D eigenvalue weighted by Gasteiger charge is -2.10. The van der Waals surface area contributed by atoms with Crippen LogP contribution in [0.4, 0.5) is 4.39 Å². The molecule has 5 aromatic rings. The van der Waals surface area contributed by atoms with Crippen LogP contribution in [0.25, 0.3) is 39.4 Å². The molecule has 0 saturated heterocycles. The van der Waals surface area contributed by atoms with Gasteiger partial charge in [0.25, 0.3) is 0 Å². The van der Waals surface area contributed by atoms with Crippen molar-refractivity contribution in [3.63, 3.8) is 0 Å². The molecule has 0 aliphatic rings. The maximum absolute atomic E-state index is 13.7. The summed E-state index contributed by atoms with van der Waals surface area (Å²) in [4.78, 5) is 13.1. The van der Waals surface area contributed by atoms with Crippen LogP contribution in [-0.4, -0.2) is 10.4 Å². The Morgan fingerprint density at radius 2 is 1.40 bits per heavy atom. The van der Waals surface area contributed by atoms with Crippen molar-refractivity contribution in [3.05, 3.63) is 139 Å². The Morgan fingerprint density at radius 1 is 0.771 bits per heavy atom. The fourth-order valence-electron chi connectivity index (χ4n) is 4.45. The van der Waals surface area contributed by atoms with E-state index in [2.05, 4.69) is 11.1 Å². The van der Waals surface area contributed by atoms with Gasteiger partial charge in [0.2, 0.25) is 0 Å². The number of benzene rings is 4. The maximum atomic E-state index is 13.7. The lowest BCUT2D eigenvalue weighted by molar-refractivity contribution is 0.104. The molecule has 35 heavy (non-hydrogen) atoms. The lowest BCUT2D eigenvalue weighted by Crippen LogP contribution is -1.98. The molecule has 0 unspecified atom stereocenters. The average Bonchev–Trinajstić information content (AvgIpc) is 3.22. The highest BCUT2D eigenvalue weighted by Gasteiger charge is 2.17. The number of allylic oxidation sites excluding steroid dienone is 2. The van der Waals surface area contributed by atoms with Gasteiger partial charge in [0, 0.05) is 28.6 Å². The Kier molecular flexibility index (Phi) is 6.23. The number of hydrogen-bond donors (Lipinski definition) is 0. The van der Waals surface area contributed by atoms with Crippen LogP contribution >= 0.6 is 0 Å². The number of hydrogen-bond acceptors (Lipinski definition) is 1. The first-order chi connectivity index (χ1) is 17.2. The monoisotopic (exact) mass is 457 g/mol. The van der Waals surface area contributed by atoms with Crippen LogP contribution in [0.2, 0.25) is 0 Å². The Hall–Kier alpha value is -4.50. The van der Waals surface area contributed by atoms with Crippen LogP contribution < -0.4 is 0 Å². The van der Waals surface area contributed by atoms with Gasteiger partial charge in [0.15, 0.2) is 5.78 Å². The van der Waals surface area contributed by atoms with Gasteiger partial charge in [-0.1, -0.05) is 78.9 Å². The minimum Gasteiger partial charge on any atom is -0.336 e. The predicted octanol–water partition coefficient (Wildman–Crippen LogP) is 8.20. The first kappa shape index (κ1) is 22.3. The molecular formula is C32H24FNO. The van der Waals surface area contributed by atoms with Gasteiger partial charge in [-0.25, -0.2) is 4.39 Å². The van der Waals surface area contributed by atoms with Crippen molar-refractivity contribution in [1.29, 1.82) is 0 Å². The number of fused-ring (bicyclic) bond motifs is 1. The van der Waals surface area contributed by atoms with Crippen LogP contribution in [0.1, 0.15) is 15.9 Å². The number of para-hydroxylation sites is 1. The molecule has 5 rings (SSSR count). The van der Waals surface area contributed by atoms with Crippen LogP contribution in [0.15, 0.2) is 122 Å². The maximum Gasteiger partial charge on any atom is 0.185 e. The molecule has 0 saturated carbocycles. The Morgan fingerprint density at radius 3 is 2.11 bits per heavy atom. The summed E-state index contributed by atoms with van der Waals surface area (Å²) in [6.45, 7) is 4.50. The van der Waals surface area contributed by atoms with Crippen molar-refractivity contribution in [3.8, 4) is 22.4 Å². The van der Waals surface area contributed by atoms with E-state index < -0.39 is 0 Å². The number of nitrogens with zero attached hydrogens (tertiary/aromatic N) is 1. The Balaban J connectivity index is 1.55. The highest BCUT2D eigenvalue weighted by Crippen LogP contribution is 2.35.